The van der Waals surface area contributed by atoms with Crippen LogP contribution in [0.15, 0.2) is 71.8 Å². The number of nitrogens with two attached hydrogens (primary N) is 1. The Bertz CT molecular complexity index is 1850. The Hall–Kier alpha value is -4.55. The smallest absolute Gasteiger partial charge is 0.321 e. The van der Waals surface area contributed by atoms with E-state index in [1.165, 1.54) is 6.07 Å². The first-order valence-electron chi connectivity index (χ1n) is 14.5. The van der Waals surface area contributed by atoms with E-state index in [4.69, 9.17) is 22.1 Å². The Kier molecular flexibility index (Phi) is 9.64. The zero-order valence-electron chi connectivity index (χ0n) is 25.0. The molecule has 5 rings (SSSR count). The van der Waals surface area contributed by atoms with Crippen molar-refractivity contribution in [2.75, 3.05) is 42.3 Å². The van der Waals surface area contributed by atoms with E-state index in [1.54, 1.807) is 47.5 Å². The van der Waals surface area contributed by atoms with Crippen LogP contribution in [0.3, 0.4) is 0 Å². The molecule has 3 aromatic carbocycles. The van der Waals surface area contributed by atoms with Crippen molar-refractivity contribution in [3.8, 4) is 5.75 Å². The molecule has 1 aliphatic heterocycles. The molecule has 236 valence electrons. The quantitative estimate of drug-likeness (QED) is 0.179. The predicted molar refractivity (Wildman–Crippen MR) is 176 cm³/mol. The van der Waals surface area contributed by atoms with Crippen LogP contribution < -0.4 is 26.4 Å². The van der Waals surface area contributed by atoms with Crippen molar-refractivity contribution in [1.82, 2.24) is 15.2 Å². The molecular weight excluding hydrogens is 616 g/mol. The van der Waals surface area contributed by atoms with Gasteiger partial charge in [0.05, 0.1) is 16.5 Å². The number of nitrogens with zero attached hydrogens (tertiary/aromatic N) is 2. The number of rotatable bonds is 10. The average molecular weight is 651 g/mol. The number of nitrogen functional groups attached to an aromatic ring is 1. The van der Waals surface area contributed by atoms with Crippen LogP contribution in [0, 0.1) is 0 Å². The molecule has 4 aromatic rings. The zero-order valence-corrected chi connectivity index (χ0v) is 26.5. The van der Waals surface area contributed by atoms with Crippen molar-refractivity contribution in [3.63, 3.8) is 0 Å². The van der Waals surface area contributed by atoms with Gasteiger partial charge in [-0.05, 0) is 90.9 Å². The van der Waals surface area contributed by atoms with Gasteiger partial charge in [-0.15, -0.1) is 0 Å². The van der Waals surface area contributed by atoms with E-state index in [1.807, 2.05) is 25.1 Å². The summed E-state index contributed by atoms with van der Waals surface area (Å²) in [7, 11) is -3.64. The monoisotopic (exact) mass is 650 g/mol. The third-order valence-corrected chi connectivity index (χ3v) is 9.02. The van der Waals surface area contributed by atoms with Gasteiger partial charge in [0.2, 0.25) is 5.91 Å². The molecule has 1 aliphatic rings. The predicted octanol–water partition coefficient (Wildman–Crippen LogP) is 5.37. The Morgan fingerprint density at radius 2 is 1.80 bits per heavy atom. The maximum atomic E-state index is 13.9. The molecule has 1 atom stereocenters. The number of hydrogen-bond acceptors (Lipinski definition) is 8. The second-order valence-electron chi connectivity index (χ2n) is 10.8. The van der Waals surface area contributed by atoms with Crippen molar-refractivity contribution >= 4 is 61.3 Å². The minimum atomic E-state index is -3.64. The van der Waals surface area contributed by atoms with Crippen molar-refractivity contribution in [2.24, 2.45) is 0 Å². The highest BCUT2D eigenvalue weighted by Crippen LogP contribution is 2.31. The van der Waals surface area contributed by atoms with Gasteiger partial charge < -0.3 is 31.3 Å². The van der Waals surface area contributed by atoms with Gasteiger partial charge in [0.1, 0.15) is 17.6 Å². The largest absolute Gasteiger partial charge is 0.492 e. The van der Waals surface area contributed by atoms with Crippen LogP contribution in [-0.2, 0) is 21.2 Å². The van der Waals surface area contributed by atoms with Gasteiger partial charge in [0.15, 0.2) is 9.84 Å². The summed E-state index contributed by atoms with van der Waals surface area (Å²) in [6.45, 7) is 3.44. The summed E-state index contributed by atoms with van der Waals surface area (Å²) in [5, 5.41) is 11.0. The lowest BCUT2D eigenvalue weighted by atomic mass is 10.0. The SMILES string of the molecule is CCOc1cc(C(Nc2ccc3c(N)nccc3c2)C(=O)NCc2cc(NC(=O)N3CCCC3)ccc2S(C)(=O)=O)ccc1Cl. The summed E-state index contributed by atoms with van der Waals surface area (Å²) in [5.74, 6) is 0.391. The number of benzene rings is 3. The van der Waals surface area contributed by atoms with E-state index >= 15 is 0 Å². The van der Waals surface area contributed by atoms with Gasteiger partial charge in [0.25, 0.3) is 0 Å². The normalized spacial score (nSPS) is 13.8. The van der Waals surface area contributed by atoms with E-state index in [-0.39, 0.29) is 17.5 Å². The number of amides is 3. The number of anilines is 3. The molecule has 0 spiro atoms. The van der Waals surface area contributed by atoms with E-state index in [0.717, 1.165) is 29.9 Å². The number of hydrogen-bond donors (Lipinski definition) is 4. The molecule has 1 unspecified atom stereocenters. The molecule has 0 bridgehead atoms. The third-order valence-electron chi connectivity index (χ3n) is 7.51. The second kappa shape index (κ2) is 13.6. The van der Waals surface area contributed by atoms with Gasteiger partial charge in [0, 0.05) is 48.8 Å². The van der Waals surface area contributed by atoms with Gasteiger partial charge in [-0.2, -0.15) is 0 Å². The van der Waals surface area contributed by atoms with E-state index in [0.29, 0.717) is 58.8 Å². The Labute approximate surface area is 267 Å². The maximum Gasteiger partial charge on any atom is 0.321 e. The van der Waals surface area contributed by atoms with E-state index in [9.17, 15) is 18.0 Å². The highest BCUT2D eigenvalue weighted by Gasteiger charge is 2.24. The minimum Gasteiger partial charge on any atom is -0.492 e. The zero-order chi connectivity index (χ0) is 32.1. The molecule has 13 heteroatoms. The lowest BCUT2D eigenvalue weighted by Crippen LogP contribution is -2.34. The Balaban J connectivity index is 1.44. The average Bonchev–Trinajstić information content (AvgIpc) is 3.55. The van der Waals surface area contributed by atoms with Crippen LogP contribution in [0.4, 0.5) is 22.0 Å². The fraction of sp³-hybridized carbons (Fsp3) is 0.281. The number of sulfone groups is 1. The summed E-state index contributed by atoms with van der Waals surface area (Å²) >= 11 is 6.34. The van der Waals surface area contributed by atoms with Crippen LogP contribution in [-0.4, -0.2) is 56.2 Å². The molecule has 1 aromatic heterocycles. The molecule has 11 nitrogen and oxygen atoms in total. The van der Waals surface area contributed by atoms with Crippen LogP contribution in [0.25, 0.3) is 10.8 Å². The number of pyridine rings is 1. The Morgan fingerprint density at radius 1 is 1.04 bits per heavy atom. The van der Waals surface area contributed by atoms with Gasteiger partial charge in [-0.1, -0.05) is 17.7 Å². The molecule has 2 heterocycles. The summed E-state index contributed by atoms with van der Waals surface area (Å²) in [6, 6.07) is 15.8. The molecular formula is C32H35ClN6O5S. The molecule has 5 N–H and O–H groups in total. The van der Waals surface area contributed by atoms with Crippen molar-refractivity contribution < 1.29 is 22.7 Å². The number of likely N-dealkylation sites (tertiary alicyclic amines) is 1. The molecule has 1 saturated heterocycles. The summed E-state index contributed by atoms with van der Waals surface area (Å²) in [5.41, 5.74) is 8.01. The highest BCUT2D eigenvalue weighted by molar-refractivity contribution is 7.90. The van der Waals surface area contributed by atoms with E-state index < -0.39 is 21.8 Å². The second-order valence-corrected chi connectivity index (χ2v) is 13.2. The summed E-state index contributed by atoms with van der Waals surface area (Å²) in [6.07, 6.45) is 4.60. The van der Waals surface area contributed by atoms with Crippen molar-refractivity contribution in [3.05, 3.63) is 83.0 Å². The molecule has 1 fully saturated rings. The van der Waals surface area contributed by atoms with E-state index in [2.05, 4.69) is 20.9 Å². The lowest BCUT2D eigenvalue weighted by molar-refractivity contribution is -0.122. The fourth-order valence-corrected chi connectivity index (χ4v) is 6.38. The van der Waals surface area contributed by atoms with Gasteiger partial charge in [-0.25, -0.2) is 18.2 Å². The number of urea groups is 1. The number of carbonyl (C=O) groups excluding carboxylic acids is 2. The van der Waals surface area contributed by atoms with Gasteiger partial charge >= 0.3 is 6.03 Å². The number of carbonyl (C=O) groups is 2. The molecule has 0 radical (unpaired) electrons. The molecule has 45 heavy (non-hydrogen) atoms. The maximum absolute atomic E-state index is 13.9. The first-order valence-corrected chi connectivity index (χ1v) is 16.8. The van der Waals surface area contributed by atoms with Crippen molar-refractivity contribution in [2.45, 2.75) is 37.2 Å². The van der Waals surface area contributed by atoms with Crippen LogP contribution in [0.5, 0.6) is 5.75 Å². The minimum absolute atomic E-state index is 0.0531. The van der Waals surface area contributed by atoms with Crippen LogP contribution >= 0.6 is 11.6 Å². The number of ether oxygens (including phenoxy) is 1. The number of aromatic nitrogens is 1. The first-order chi connectivity index (χ1) is 21.5. The number of fused-ring (bicyclic) bond motifs is 1. The standard InChI is InChI=1S/C32H35ClN6O5S/c1-3-44-27-18-21(6-10-26(27)33)29(37-23-7-9-25-20(16-23)12-13-35-30(25)34)31(40)36-19-22-17-24(8-11-28(22)45(2,42)43)38-32(41)39-14-4-5-15-39/h6-13,16-18,29,37H,3-5,14-15,19H2,1-2H3,(H2,34,35)(H,36,40)(H,38,41). The molecule has 0 saturated carbocycles. The summed E-state index contributed by atoms with van der Waals surface area (Å²) < 4.78 is 31.0. The number of halogens is 1. The van der Waals surface area contributed by atoms with Crippen molar-refractivity contribution in [1.29, 1.82) is 0 Å². The molecule has 3 amide bonds. The fourth-order valence-electron chi connectivity index (χ4n) is 5.29. The first kappa shape index (κ1) is 31.9. The third kappa shape index (κ3) is 7.58. The van der Waals surface area contributed by atoms with Crippen LogP contribution in [0.1, 0.15) is 36.9 Å². The van der Waals surface area contributed by atoms with Crippen LogP contribution in [0.2, 0.25) is 5.02 Å². The number of nitrogens with one attached hydrogen (secondary N) is 3. The molecule has 0 aliphatic carbocycles. The Morgan fingerprint density at radius 3 is 2.53 bits per heavy atom. The van der Waals surface area contributed by atoms with Gasteiger partial charge in [-0.3, -0.25) is 4.79 Å². The lowest BCUT2D eigenvalue weighted by Gasteiger charge is -2.22. The summed E-state index contributed by atoms with van der Waals surface area (Å²) in [4.78, 5) is 32.5. The topological polar surface area (TPSA) is 156 Å². The highest BCUT2D eigenvalue weighted by atomic mass is 35.5.